The van der Waals surface area contributed by atoms with Gasteiger partial charge in [0.1, 0.15) is 5.75 Å². The van der Waals surface area contributed by atoms with E-state index in [1.54, 1.807) is 12.1 Å². The lowest BCUT2D eigenvalue weighted by molar-refractivity contribution is -0.134. The summed E-state index contributed by atoms with van der Waals surface area (Å²) in [5, 5.41) is 2.88. The zero-order chi connectivity index (χ0) is 17.1. The van der Waals surface area contributed by atoms with E-state index in [0.29, 0.717) is 30.4 Å². The molecule has 24 heavy (non-hydrogen) atoms. The maximum Gasteiger partial charge on any atom is 0.260 e. The first-order chi connectivity index (χ1) is 11.6. The van der Waals surface area contributed by atoms with Crippen molar-refractivity contribution in [3.05, 3.63) is 24.3 Å². The smallest absolute Gasteiger partial charge is 0.260 e. The lowest BCUT2D eigenvalue weighted by Gasteiger charge is -2.21. The van der Waals surface area contributed by atoms with Gasteiger partial charge in [0.2, 0.25) is 5.91 Å². The molecule has 0 aromatic heterocycles. The Bertz CT molecular complexity index is 615. The first-order valence-corrected chi connectivity index (χ1v) is 8.60. The molecule has 2 fully saturated rings. The van der Waals surface area contributed by atoms with Crippen molar-refractivity contribution in [2.24, 2.45) is 17.6 Å². The molecule has 0 radical (unpaired) electrons. The van der Waals surface area contributed by atoms with Crippen molar-refractivity contribution < 1.29 is 14.3 Å². The summed E-state index contributed by atoms with van der Waals surface area (Å²) >= 11 is 0. The predicted molar refractivity (Wildman–Crippen MR) is 91.6 cm³/mol. The van der Waals surface area contributed by atoms with Crippen molar-refractivity contribution in [1.82, 2.24) is 4.90 Å². The third-order valence-corrected chi connectivity index (χ3v) is 4.73. The number of rotatable bonds is 6. The van der Waals surface area contributed by atoms with Gasteiger partial charge in [-0.15, -0.1) is 0 Å². The molecule has 2 aliphatic rings. The molecule has 3 rings (SSSR count). The number of likely N-dealkylation sites (tertiary alicyclic amines) is 1. The first-order valence-electron chi connectivity index (χ1n) is 8.60. The zero-order valence-corrected chi connectivity index (χ0v) is 14.0. The van der Waals surface area contributed by atoms with E-state index in [1.807, 2.05) is 24.0 Å². The molecule has 1 aliphatic carbocycles. The van der Waals surface area contributed by atoms with Crippen LogP contribution in [0.25, 0.3) is 0 Å². The van der Waals surface area contributed by atoms with Gasteiger partial charge in [0.05, 0.1) is 0 Å². The van der Waals surface area contributed by atoms with Crippen molar-refractivity contribution in [2.75, 3.05) is 25.0 Å². The summed E-state index contributed by atoms with van der Waals surface area (Å²) in [6, 6.07) is 7.38. The molecule has 0 spiro atoms. The number of ether oxygens (including phenoxy) is 1. The SMILES string of the molecule is CC1CC(CN)CN1C(=O)COc1cccc(NC(=O)C2CC2)c1. The molecule has 6 heteroatoms. The average molecular weight is 331 g/mol. The van der Waals surface area contributed by atoms with Crippen LogP contribution in [0, 0.1) is 11.8 Å². The largest absolute Gasteiger partial charge is 0.484 e. The number of carbonyl (C=O) groups excluding carboxylic acids is 2. The van der Waals surface area contributed by atoms with Crippen LogP contribution in [-0.2, 0) is 9.59 Å². The summed E-state index contributed by atoms with van der Waals surface area (Å²) < 4.78 is 5.62. The fraction of sp³-hybridized carbons (Fsp3) is 0.556. The Hall–Kier alpha value is -2.08. The number of nitrogens with two attached hydrogens (primary N) is 1. The number of benzene rings is 1. The molecule has 2 atom stereocenters. The maximum absolute atomic E-state index is 12.3. The number of hydrogen-bond acceptors (Lipinski definition) is 4. The van der Waals surface area contributed by atoms with Crippen LogP contribution in [0.5, 0.6) is 5.75 Å². The fourth-order valence-corrected chi connectivity index (χ4v) is 3.14. The summed E-state index contributed by atoms with van der Waals surface area (Å²) in [7, 11) is 0. The molecule has 3 N–H and O–H groups in total. The van der Waals surface area contributed by atoms with Crippen molar-refractivity contribution in [2.45, 2.75) is 32.2 Å². The molecule has 130 valence electrons. The molecule has 1 aliphatic heterocycles. The molecule has 1 saturated heterocycles. The number of nitrogens with zero attached hydrogens (tertiary/aromatic N) is 1. The number of nitrogens with one attached hydrogen (secondary N) is 1. The Morgan fingerprint density at radius 2 is 2.17 bits per heavy atom. The molecule has 1 saturated carbocycles. The minimum absolute atomic E-state index is 0.00164. The summed E-state index contributed by atoms with van der Waals surface area (Å²) in [6.07, 6.45) is 2.88. The van der Waals surface area contributed by atoms with Crippen molar-refractivity contribution in [3.8, 4) is 5.75 Å². The van der Waals surface area contributed by atoms with Gasteiger partial charge in [-0.25, -0.2) is 0 Å². The summed E-state index contributed by atoms with van der Waals surface area (Å²) in [5.74, 6) is 1.15. The molecular formula is C18H25N3O3. The third kappa shape index (κ3) is 4.06. The van der Waals surface area contributed by atoms with Crippen LogP contribution >= 0.6 is 0 Å². The van der Waals surface area contributed by atoms with E-state index in [9.17, 15) is 9.59 Å². The third-order valence-electron chi connectivity index (χ3n) is 4.73. The second kappa shape index (κ2) is 7.21. The normalized spacial score (nSPS) is 23.2. The Morgan fingerprint density at radius 1 is 1.38 bits per heavy atom. The lowest BCUT2D eigenvalue weighted by Crippen LogP contribution is -2.37. The minimum atomic E-state index is -0.0223. The topological polar surface area (TPSA) is 84.7 Å². The molecule has 2 amide bonds. The van der Waals surface area contributed by atoms with Gasteiger partial charge in [0.25, 0.3) is 5.91 Å². The summed E-state index contributed by atoms with van der Waals surface area (Å²) in [6.45, 7) is 3.36. The second-order valence-electron chi connectivity index (χ2n) is 6.81. The second-order valence-corrected chi connectivity index (χ2v) is 6.81. The highest BCUT2D eigenvalue weighted by Crippen LogP contribution is 2.30. The highest BCUT2D eigenvalue weighted by atomic mass is 16.5. The van der Waals surface area contributed by atoms with Gasteiger partial charge in [-0.05, 0) is 50.8 Å². The van der Waals surface area contributed by atoms with E-state index in [0.717, 1.165) is 19.3 Å². The van der Waals surface area contributed by atoms with Crippen LogP contribution in [0.2, 0.25) is 0 Å². The van der Waals surface area contributed by atoms with Gasteiger partial charge >= 0.3 is 0 Å². The number of carbonyl (C=O) groups is 2. The van der Waals surface area contributed by atoms with Gasteiger partial charge < -0.3 is 20.7 Å². The molecular weight excluding hydrogens is 306 g/mol. The van der Waals surface area contributed by atoms with Crippen molar-refractivity contribution in [1.29, 1.82) is 0 Å². The zero-order valence-electron chi connectivity index (χ0n) is 14.0. The average Bonchev–Trinajstić information content (AvgIpc) is 3.36. The summed E-state index contributed by atoms with van der Waals surface area (Å²) in [5.41, 5.74) is 6.41. The molecule has 1 aromatic carbocycles. The first kappa shape index (κ1) is 16.8. The minimum Gasteiger partial charge on any atom is -0.484 e. The predicted octanol–water partition coefficient (Wildman–Crippen LogP) is 1.61. The Morgan fingerprint density at radius 3 is 2.83 bits per heavy atom. The molecule has 2 unspecified atom stereocenters. The van der Waals surface area contributed by atoms with Gasteiger partial charge in [-0.3, -0.25) is 9.59 Å². The maximum atomic E-state index is 12.3. The number of hydrogen-bond donors (Lipinski definition) is 2. The van der Waals surface area contributed by atoms with E-state index in [2.05, 4.69) is 5.32 Å². The Labute approximate surface area is 142 Å². The van der Waals surface area contributed by atoms with Crippen molar-refractivity contribution in [3.63, 3.8) is 0 Å². The number of anilines is 1. The van der Waals surface area contributed by atoms with Gasteiger partial charge in [-0.1, -0.05) is 6.07 Å². The highest BCUT2D eigenvalue weighted by Gasteiger charge is 2.32. The summed E-state index contributed by atoms with van der Waals surface area (Å²) in [4.78, 5) is 26.0. The van der Waals surface area contributed by atoms with Gasteiger partial charge in [0, 0.05) is 30.3 Å². The highest BCUT2D eigenvalue weighted by molar-refractivity contribution is 5.94. The van der Waals surface area contributed by atoms with Crippen LogP contribution in [-0.4, -0.2) is 42.5 Å². The Balaban J connectivity index is 1.52. The van der Waals surface area contributed by atoms with Gasteiger partial charge in [-0.2, -0.15) is 0 Å². The van der Waals surface area contributed by atoms with Crippen molar-refractivity contribution >= 4 is 17.5 Å². The standard InChI is InChI=1S/C18H25N3O3/c1-12-7-13(9-19)10-21(12)17(22)11-24-16-4-2-3-15(8-16)20-18(23)14-5-6-14/h2-4,8,12-14H,5-7,9-11,19H2,1H3,(H,20,23). The van der Waals surface area contributed by atoms with Gasteiger partial charge in [0.15, 0.2) is 6.61 Å². The van der Waals surface area contributed by atoms with E-state index in [1.165, 1.54) is 0 Å². The van der Waals surface area contributed by atoms with E-state index < -0.39 is 0 Å². The Kier molecular flexibility index (Phi) is 5.04. The van der Waals surface area contributed by atoms with Crippen LogP contribution in [0.15, 0.2) is 24.3 Å². The molecule has 1 aromatic rings. The van der Waals surface area contributed by atoms with Crippen LogP contribution in [0.1, 0.15) is 26.2 Å². The van der Waals surface area contributed by atoms with Crippen LogP contribution < -0.4 is 15.8 Å². The molecule has 0 bridgehead atoms. The quantitative estimate of drug-likeness (QED) is 0.829. The molecule has 6 nitrogen and oxygen atoms in total. The van der Waals surface area contributed by atoms with E-state index in [-0.39, 0.29) is 30.4 Å². The fourth-order valence-electron chi connectivity index (χ4n) is 3.14. The monoisotopic (exact) mass is 331 g/mol. The van der Waals surface area contributed by atoms with Crippen LogP contribution in [0.3, 0.4) is 0 Å². The van der Waals surface area contributed by atoms with E-state index in [4.69, 9.17) is 10.5 Å². The lowest BCUT2D eigenvalue weighted by atomic mass is 10.1. The van der Waals surface area contributed by atoms with E-state index >= 15 is 0 Å². The molecule has 1 heterocycles. The van der Waals surface area contributed by atoms with Crippen LogP contribution in [0.4, 0.5) is 5.69 Å². The number of amides is 2.